The summed E-state index contributed by atoms with van der Waals surface area (Å²) >= 11 is 0. The lowest BCUT2D eigenvalue weighted by Crippen LogP contribution is -2.46. The minimum absolute atomic E-state index is 0.0189. The van der Waals surface area contributed by atoms with Crippen LogP contribution in [0.5, 0.6) is 0 Å². The number of halogens is 2. The second kappa shape index (κ2) is 3.76. The molecule has 0 unspecified atom stereocenters. The first-order valence-corrected chi connectivity index (χ1v) is 5.27. The highest BCUT2D eigenvalue weighted by Gasteiger charge is 2.46. The Morgan fingerprint density at radius 1 is 1.44 bits per heavy atom. The Bertz CT molecular complexity index is 558. The highest BCUT2D eigenvalue weighted by atomic mass is 19.1. The van der Waals surface area contributed by atoms with Crippen LogP contribution in [0.25, 0.3) is 0 Å². The van der Waals surface area contributed by atoms with Gasteiger partial charge in [-0.3, -0.25) is 9.59 Å². The number of aliphatic carboxylic acids is 1. The van der Waals surface area contributed by atoms with E-state index in [2.05, 4.69) is 0 Å². The topological polar surface area (TPSA) is 57.6 Å². The van der Waals surface area contributed by atoms with Crippen LogP contribution in [0.3, 0.4) is 0 Å². The molecule has 18 heavy (non-hydrogen) atoms. The van der Waals surface area contributed by atoms with E-state index in [-0.39, 0.29) is 17.7 Å². The molecule has 0 aromatic heterocycles. The Kier molecular flexibility index (Phi) is 2.61. The van der Waals surface area contributed by atoms with Crippen molar-refractivity contribution >= 4 is 17.6 Å². The van der Waals surface area contributed by atoms with Crippen molar-refractivity contribution in [1.29, 1.82) is 0 Å². The molecule has 0 spiro atoms. The number of carboxylic acids is 1. The van der Waals surface area contributed by atoms with Crippen LogP contribution in [0.1, 0.15) is 18.9 Å². The van der Waals surface area contributed by atoms with E-state index in [0.29, 0.717) is 6.07 Å². The van der Waals surface area contributed by atoms with E-state index < -0.39 is 28.9 Å². The third-order valence-electron chi connectivity index (χ3n) is 3.31. The third kappa shape index (κ3) is 1.56. The summed E-state index contributed by atoms with van der Waals surface area (Å²) in [7, 11) is 1.34. The molecular formula is C12H11F2NO3. The SMILES string of the molecule is CN1C(=O)C[C@@](C)(C(=O)O)c2cc(F)cc(F)c21. The van der Waals surface area contributed by atoms with E-state index in [9.17, 15) is 23.5 Å². The quantitative estimate of drug-likeness (QED) is 0.830. The molecule has 96 valence electrons. The smallest absolute Gasteiger partial charge is 0.314 e. The maximum absolute atomic E-state index is 13.7. The lowest BCUT2D eigenvalue weighted by Gasteiger charge is -2.36. The fourth-order valence-corrected chi connectivity index (χ4v) is 2.16. The summed E-state index contributed by atoms with van der Waals surface area (Å²) in [5.41, 5.74) is -1.80. The van der Waals surface area contributed by atoms with Crippen LogP contribution in [0, 0.1) is 11.6 Å². The maximum atomic E-state index is 13.7. The van der Waals surface area contributed by atoms with Gasteiger partial charge in [0.2, 0.25) is 5.91 Å². The predicted molar refractivity (Wildman–Crippen MR) is 59.4 cm³/mol. The van der Waals surface area contributed by atoms with E-state index >= 15 is 0 Å². The summed E-state index contributed by atoms with van der Waals surface area (Å²) in [6, 6.07) is 1.60. The summed E-state index contributed by atoms with van der Waals surface area (Å²) in [4.78, 5) is 24.0. The van der Waals surface area contributed by atoms with Crippen LogP contribution in [0.2, 0.25) is 0 Å². The average Bonchev–Trinajstić information content (AvgIpc) is 2.25. The highest BCUT2D eigenvalue weighted by molar-refractivity contribution is 6.03. The molecule has 0 saturated carbocycles. The molecule has 0 aliphatic carbocycles. The van der Waals surface area contributed by atoms with Gasteiger partial charge in [-0.2, -0.15) is 0 Å². The predicted octanol–water partition coefficient (Wildman–Crippen LogP) is 1.67. The number of hydrogen-bond acceptors (Lipinski definition) is 2. The molecular weight excluding hydrogens is 244 g/mol. The standard InChI is InChI=1S/C12H11F2NO3/c1-12(11(17)18)5-9(16)15(2)10-7(12)3-6(13)4-8(10)14/h3-4H,5H2,1-2H3,(H,17,18)/t12-/m1/s1. The van der Waals surface area contributed by atoms with Crippen molar-refractivity contribution < 1.29 is 23.5 Å². The largest absolute Gasteiger partial charge is 0.481 e. The van der Waals surface area contributed by atoms with E-state index in [0.717, 1.165) is 11.0 Å². The van der Waals surface area contributed by atoms with Gasteiger partial charge in [0.05, 0.1) is 5.69 Å². The van der Waals surface area contributed by atoms with Crippen LogP contribution in [-0.2, 0) is 15.0 Å². The molecule has 6 heteroatoms. The highest BCUT2D eigenvalue weighted by Crippen LogP contribution is 2.41. The van der Waals surface area contributed by atoms with Crippen molar-refractivity contribution in [3.63, 3.8) is 0 Å². The molecule has 1 atom stereocenters. The Hall–Kier alpha value is -1.98. The zero-order chi connectivity index (χ0) is 13.7. The second-order valence-electron chi connectivity index (χ2n) is 4.55. The van der Waals surface area contributed by atoms with Crippen LogP contribution >= 0.6 is 0 Å². The molecule has 2 rings (SSSR count). The van der Waals surface area contributed by atoms with Gasteiger partial charge >= 0.3 is 5.97 Å². The number of anilines is 1. The van der Waals surface area contributed by atoms with Gasteiger partial charge in [-0.1, -0.05) is 0 Å². The van der Waals surface area contributed by atoms with Crippen molar-refractivity contribution in [2.45, 2.75) is 18.8 Å². The Labute approximate surface area is 102 Å². The van der Waals surface area contributed by atoms with Gasteiger partial charge < -0.3 is 10.0 Å². The van der Waals surface area contributed by atoms with Crippen LogP contribution < -0.4 is 4.90 Å². The third-order valence-corrected chi connectivity index (χ3v) is 3.31. The number of benzene rings is 1. The lowest BCUT2D eigenvalue weighted by molar-refractivity contribution is -0.145. The second-order valence-corrected chi connectivity index (χ2v) is 4.55. The summed E-state index contributed by atoms with van der Waals surface area (Å²) < 4.78 is 27.0. The Morgan fingerprint density at radius 3 is 2.61 bits per heavy atom. The van der Waals surface area contributed by atoms with Crippen LogP contribution in [0.15, 0.2) is 12.1 Å². The monoisotopic (exact) mass is 255 g/mol. The molecule has 1 aliphatic rings. The van der Waals surface area contributed by atoms with E-state index in [4.69, 9.17) is 0 Å². The molecule has 1 heterocycles. The van der Waals surface area contributed by atoms with Crippen LogP contribution in [0.4, 0.5) is 14.5 Å². The van der Waals surface area contributed by atoms with Crippen molar-refractivity contribution in [2.24, 2.45) is 0 Å². The zero-order valence-corrected chi connectivity index (χ0v) is 9.83. The summed E-state index contributed by atoms with van der Waals surface area (Å²) in [6.45, 7) is 1.29. The Morgan fingerprint density at radius 2 is 2.06 bits per heavy atom. The number of nitrogens with zero attached hydrogens (tertiary/aromatic N) is 1. The number of amides is 1. The molecule has 1 aliphatic heterocycles. The first kappa shape index (κ1) is 12.5. The number of rotatable bonds is 1. The van der Waals surface area contributed by atoms with Gasteiger partial charge in [-0.05, 0) is 18.6 Å². The van der Waals surface area contributed by atoms with Crippen LogP contribution in [-0.4, -0.2) is 24.0 Å². The first-order chi connectivity index (χ1) is 8.27. The molecule has 0 bridgehead atoms. The van der Waals surface area contributed by atoms with E-state index in [1.807, 2.05) is 0 Å². The molecule has 0 fully saturated rings. The van der Waals surface area contributed by atoms with Gasteiger partial charge in [0.25, 0.3) is 0 Å². The normalized spacial score (nSPS) is 22.9. The number of fused-ring (bicyclic) bond motifs is 1. The minimum Gasteiger partial charge on any atom is -0.481 e. The first-order valence-electron chi connectivity index (χ1n) is 5.27. The molecule has 1 amide bonds. The van der Waals surface area contributed by atoms with Gasteiger partial charge in [0.15, 0.2) is 0 Å². The number of carboxylic acid groups (broad SMARTS) is 1. The number of carbonyl (C=O) groups is 2. The van der Waals surface area contributed by atoms with Crippen molar-refractivity contribution in [2.75, 3.05) is 11.9 Å². The molecule has 4 nitrogen and oxygen atoms in total. The van der Waals surface area contributed by atoms with Gasteiger partial charge in [0, 0.05) is 19.5 Å². The molecule has 1 aromatic carbocycles. The zero-order valence-electron chi connectivity index (χ0n) is 9.83. The van der Waals surface area contributed by atoms with Crippen molar-refractivity contribution in [3.8, 4) is 0 Å². The fourth-order valence-electron chi connectivity index (χ4n) is 2.16. The summed E-state index contributed by atoms with van der Waals surface area (Å²) in [5.74, 6) is -3.59. The van der Waals surface area contributed by atoms with E-state index in [1.54, 1.807) is 0 Å². The number of hydrogen-bond donors (Lipinski definition) is 1. The van der Waals surface area contributed by atoms with Gasteiger partial charge in [-0.15, -0.1) is 0 Å². The summed E-state index contributed by atoms with van der Waals surface area (Å²) in [5, 5.41) is 9.21. The van der Waals surface area contributed by atoms with Gasteiger partial charge in [0.1, 0.15) is 17.0 Å². The molecule has 0 saturated heterocycles. The lowest BCUT2D eigenvalue weighted by atomic mass is 9.75. The molecule has 0 radical (unpaired) electrons. The van der Waals surface area contributed by atoms with Gasteiger partial charge in [-0.25, -0.2) is 8.78 Å². The summed E-state index contributed by atoms with van der Waals surface area (Å²) in [6.07, 6.45) is -0.325. The molecule has 1 N–H and O–H groups in total. The van der Waals surface area contributed by atoms with Crippen molar-refractivity contribution in [3.05, 3.63) is 29.3 Å². The Balaban J connectivity index is 2.79. The minimum atomic E-state index is -1.61. The average molecular weight is 255 g/mol. The maximum Gasteiger partial charge on any atom is 0.314 e. The number of carbonyl (C=O) groups excluding carboxylic acids is 1. The molecule has 1 aromatic rings. The van der Waals surface area contributed by atoms with Crippen molar-refractivity contribution in [1.82, 2.24) is 0 Å². The van der Waals surface area contributed by atoms with E-state index in [1.165, 1.54) is 14.0 Å². The fraction of sp³-hybridized carbons (Fsp3) is 0.333.